The first-order valence-corrected chi connectivity index (χ1v) is 6.20. The number of phenolic OH excluding ortho intramolecular Hbond substituents is 1. The quantitative estimate of drug-likeness (QED) is 0.879. The van der Waals surface area contributed by atoms with Crippen molar-refractivity contribution in [3.63, 3.8) is 0 Å². The molecule has 0 saturated carbocycles. The third-order valence-corrected chi connectivity index (χ3v) is 3.16. The smallest absolute Gasteiger partial charge is 0.196 e. The molecule has 5 heteroatoms. The number of phenols is 1. The van der Waals surface area contributed by atoms with Gasteiger partial charge in [-0.05, 0) is 30.3 Å². The number of methoxy groups -OCH3 is 2. The number of hydrogen-bond acceptors (Lipinski definition) is 4. The lowest BCUT2D eigenvalue weighted by Gasteiger charge is -2.09. The largest absolute Gasteiger partial charge is 0.507 e. The van der Waals surface area contributed by atoms with Gasteiger partial charge in [0.15, 0.2) is 5.78 Å². The van der Waals surface area contributed by atoms with Gasteiger partial charge in [0.2, 0.25) is 0 Å². The molecule has 2 rings (SSSR count). The lowest BCUT2D eigenvalue weighted by molar-refractivity contribution is 0.103. The summed E-state index contributed by atoms with van der Waals surface area (Å²) in [5.74, 6) is 0.468. The van der Waals surface area contributed by atoms with E-state index in [9.17, 15) is 9.90 Å². The van der Waals surface area contributed by atoms with Gasteiger partial charge in [-0.2, -0.15) is 0 Å². The van der Waals surface area contributed by atoms with Gasteiger partial charge in [-0.15, -0.1) is 0 Å². The number of ether oxygens (including phenoxy) is 2. The maximum Gasteiger partial charge on any atom is 0.196 e. The second kappa shape index (κ2) is 5.84. The zero-order chi connectivity index (χ0) is 14.7. The Balaban J connectivity index is 2.39. The van der Waals surface area contributed by atoms with Gasteiger partial charge < -0.3 is 14.6 Å². The van der Waals surface area contributed by atoms with Crippen LogP contribution in [-0.2, 0) is 0 Å². The fourth-order valence-corrected chi connectivity index (χ4v) is 2.02. The number of hydrogen-bond donors (Lipinski definition) is 1. The fraction of sp³-hybridized carbons (Fsp3) is 0.133. The highest BCUT2D eigenvalue weighted by Gasteiger charge is 2.16. The van der Waals surface area contributed by atoms with E-state index in [2.05, 4.69) is 0 Å². The molecule has 0 unspecified atom stereocenters. The normalized spacial score (nSPS) is 10.2. The van der Waals surface area contributed by atoms with Crippen molar-refractivity contribution < 1.29 is 19.4 Å². The topological polar surface area (TPSA) is 55.8 Å². The summed E-state index contributed by atoms with van der Waals surface area (Å²) in [6.07, 6.45) is 0. The SMILES string of the molecule is COc1ccc(C(=O)c2cc(Cl)c(OC)cc2O)cc1. The van der Waals surface area contributed by atoms with Crippen molar-refractivity contribution in [3.05, 3.63) is 52.5 Å². The highest BCUT2D eigenvalue weighted by Crippen LogP contribution is 2.33. The molecule has 0 radical (unpaired) electrons. The molecule has 0 aliphatic heterocycles. The molecule has 0 aromatic heterocycles. The van der Waals surface area contributed by atoms with Crippen LogP contribution in [0.25, 0.3) is 0 Å². The Kier molecular flexibility index (Phi) is 4.15. The van der Waals surface area contributed by atoms with Crippen LogP contribution in [0, 0.1) is 0 Å². The minimum absolute atomic E-state index is 0.126. The molecule has 20 heavy (non-hydrogen) atoms. The van der Waals surface area contributed by atoms with Crippen molar-refractivity contribution in [2.45, 2.75) is 0 Å². The molecular weight excluding hydrogens is 280 g/mol. The van der Waals surface area contributed by atoms with Crippen LogP contribution in [0.3, 0.4) is 0 Å². The molecule has 4 nitrogen and oxygen atoms in total. The molecule has 0 fully saturated rings. The zero-order valence-corrected chi connectivity index (χ0v) is 11.8. The predicted octanol–water partition coefficient (Wildman–Crippen LogP) is 3.29. The minimum Gasteiger partial charge on any atom is -0.507 e. The first-order valence-electron chi connectivity index (χ1n) is 5.82. The summed E-state index contributed by atoms with van der Waals surface area (Å²) in [5.41, 5.74) is 0.559. The second-order valence-corrected chi connectivity index (χ2v) is 4.47. The van der Waals surface area contributed by atoms with Crippen LogP contribution in [0.1, 0.15) is 15.9 Å². The Morgan fingerprint density at radius 3 is 2.30 bits per heavy atom. The number of carbonyl (C=O) groups is 1. The molecule has 2 aromatic carbocycles. The van der Waals surface area contributed by atoms with E-state index in [4.69, 9.17) is 21.1 Å². The fourth-order valence-electron chi connectivity index (χ4n) is 1.78. The summed E-state index contributed by atoms with van der Waals surface area (Å²) in [6, 6.07) is 9.31. The number of carbonyl (C=O) groups excluding carboxylic acids is 1. The molecule has 0 bridgehead atoms. The third kappa shape index (κ3) is 2.70. The highest BCUT2D eigenvalue weighted by molar-refractivity contribution is 6.32. The molecule has 0 amide bonds. The van der Waals surface area contributed by atoms with Gasteiger partial charge in [0, 0.05) is 11.6 Å². The Bertz CT molecular complexity index is 635. The molecule has 0 aliphatic carbocycles. The average Bonchev–Trinajstić information content (AvgIpc) is 2.48. The molecule has 0 saturated heterocycles. The number of ketones is 1. The standard InChI is InChI=1S/C15H13ClO4/c1-19-10-5-3-9(4-6-10)15(18)11-7-12(16)14(20-2)8-13(11)17/h3-8,17H,1-2H3. The highest BCUT2D eigenvalue weighted by atomic mass is 35.5. The van der Waals surface area contributed by atoms with Gasteiger partial charge in [0.1, 0.15) is 17.2 Å². The Hall–Kier alpha value is -2.20. The van der Waals surface area contributed by atoms with E-state index in [1.165, 1.54) is 19.2 Å². The maximum absolute atomic E-state index is 12.3. The van der Waals surface area contributed by atoms with Crippen LogP contribution in [0.5, 0.6) is 17.2 Å². The Morgan fingerprint density at radius 1 is 1.10 bits per heavy atom. The first-order chi connectivity index (χ1) is 9.56. The van der Waals surface area contributed by atoms with Crippen LogP contribution in [0.4, 0.5) is 0 Å². The van der Waals surface area contributed by atoms with Crippen molar-refractivity contribution in [2.75, 3.05) is 14.2 Å². The van der Waals surface area contributed by atoms with E-state index in [1.807, 2.05) is 0 Å². The summed E-state index contributed by atoms with van der Waals surface area (Å²) in [5, 5.41) is 10.2. The number of rotatable bonds is 4. The van der Waals surface area contributed by atoms with Crippen molar-refractivity contribution in [2.24, 2.45) is 0 Å². The van der Waals surface area contributed by atoms with Crippen molar-refractivity contribution in [1.82, 2.24) is 0 Å². The molecule has 104 valence electrons. The predicted molar refractivity (Wildman–Crippen MR) is 76.1 cm³/mol. The third-order valence-electron chi connectivity index (χ3n) is 2.87. The summed E-state index contributed by atoms with van der Waals surface area (Å²) in [6.45, 7) is 0. The van der Waals surface area contributed by atoms with Crippen molar-refractivity contribution in [3.8, 4) is 17.2 Å². The van der Waals surface area contributed by atoms with Gasteiger partial charge in [-0.3, -0.25) is 4.79 Å². The molecule has 0 aliphatic rings. The van der Waals surface area contributed by atoms with E-state index in [-0.39, 0.29) is 22.1 Å². The van der Waals surface area contributed by atoms with Crippen molar-refractivity contribution in [1.29, 1.82) is 0 Å². The minimum atomic E-state index is -0.324. The lowest BCUT2D eigenvalue weighted by atomic mass is 10.0. The number of benzene rings is 2. The van der Waals surface area contributed by atoms with E-state index in [1.54, 1.807) is 31.4 Å². The van der Waals surface area contributed by atoms with E-state index in [0.29, 0.717) is 17.1 Å². The lowest BCUT2D eigenvalue weighted by Crippen LogP contribution is -2.02. The van der Waals surface area contributed by atoms with E-state index >= 15 is 0 Å². The monoisotopic (exact) mass is 292 g/mol. The summed E-state index contributed by atoms with van der Waals surface area (Å²) in [4.78, 5) is 12.3. The van der Waals surface area contributed by atoms with Gasteiger partial charge >= 0.3 is 0 Å². The van der Waals surface area contributed by atoms with Crippen LogP contribution in [-0.4, -0.2) is 25.1 Å². The summed E-state index contributed by atoms with van der Waals surface area (Å²) < 4.78 is 10.0. The molecule has 0 heterocycles. The number of halogens is 1. The maximum atomic E-state index is 12.3. The second-order valence-electron chi connectivity index (χ2n) is 4.06. The summed E-state index contributed by atoms with van der Waals surface area (Å²) in [7, 11) is 2.98. The zero-order valence-electron chi connectivity index (χ0n) is 11.0. The van der Waals surface area contributed by atoms with Gasteiger partial charge in [0.05, 0.1) is 24.8 Å². The van der Waals surface area contributed by atoms with E-state index < -0.39 is 0 Å². The Labute approximate surface area is 121 Å². The van der Waals surface area contributed by atoms with Crippen LogP contribution < -0.4 is 9.47 Å². The molecule has 1 N–H and O–H groups in total. The van der Waals surface area contributed by atoms with Crippen molar-refractivity contribution >= 4 is 17.4 Å². The average molecular weight is 293 g/mol. The number of aromatic hydroxyl groups is 1. The molecule has 2 aromatic rings. The summed E-state index contributed by atoms with van der Waals surface area (Å²) >= 11 is 5.97. The van der Waals surface area contributed by atoms with Crippen LogP contribution in [0.15, 0.2) is 36.4 Å². The molecule has 0 spiro atoms. The van der Waals surface area contributed by atoms with Gasteiger partial charge in [-0.1, -0.05) is 11.6 Å². The Morgan fingerprint density at radius 2 is 1.75 bits per heavy atom. The molecule has 0 atom stereocenters. The molecular formula is C15H13ClO4. The van der Waals surface area contributed by atoms with Gasteiger partial charge in [0.25, 0.3) is 0 Å². The van der Waals surface area contributed by atoms with Gasteiger partial charge in [-0.25, -0.2) is 0 Å². The first kappa shape index (κ1) is 14.2. The van der Waals surface area contributed by atoms with Crippen LogP contribution >= 0.6 is 11.6 Å². The van der Waals surface area contributed by atoms with E-state index in [0.717, 1.165) is 0 Å². The van der Waals surface area contributed by atoms with Crippen LogP contribution in [0.2, 0.25) is 5.02 Å².